The van der Waals surface area contributed by atoms with Crippen LogP contribution in [0.15, 0.2) is 29.3 Å². The van der Waals surface area contributed by atoms with Crippen LogP contribution in [0.3, 0.4) is 0 Å². The van der Waals surface area contributed by atoms with Crippen molar-refractivity contribution >= 4 is 35.6 Å². The second kappa shape index (κ2) is 8.68. The minimum Gasteiger partial charge on any atom is -0.377 e. The third kappa shape index (κ3) is 5.80. The fourth-order valence-electron chi connectivity index (χ4n) is 2.28. The van der Waals surface area contributed by atoms with E-state index in [0.717, 1.165) is 31.9 Å². The van der Waals surface area contributed by atoms with Gasteiger partial charge in [-0.1, -0.05) is 0 Å². The van der Waals surface area contributed by atoms with Crippen molar-refractivity contribution in [1.82, 2.24) is 4.90 Å². The van der Waals surface area contributed by atoms with Crippen LogP contribution >= 0.6 is 24.0 Å². The van der Waals surface area contributed by atoms with E-state index in [2.05, 4.69) is 14.8 Å². The number of hydrogen-bond donors (Lipinski definition) is 1. The van der Waals surface area contributed by atoms with Gasteiger partial charge in [-0.2, -0.15) is 0 Å². The third-order valence-corrected chi connectivity index (χ3v) is 3.97. The lowest BCUT2D eigenvalue weighted by molar-refractivity contribution is 0.0309. The predicted octanol–water partition coefficient (Wildman–Crippen LogP) is 2.31. The van der Waals surface area contributed by atoms with Crippen LogP contribution in [0.5, 0.6) is 0 Å². The molecule has 2 N–H and O–H groups in total. The zero-order valence-electron chi connectivity index (χ0n) is 14.0. The van der Waals surface area contributed by atoms with Gasteiger partial charge in [0.1, 0.15) is 5.82 Å². The van der Waals surface area contributed by atoms with Crippen molar-refractivity contribution in [2.24, 2.45) is 10.7 Å². The Morgan fingerprint density at radius 1 is 1.22 bits per heavy atom. The van der Waals surface area contributed by atoms with Crippen molar-refractivity contribution in [2.75, 3.05) is 44.7 Å². The molecule has 1 aliphatic rings. The second-order valence-electron chi connectivity index (χ2n) is 6.09. The van der Waals surface area contributed by atoms with Crippen LogP contribution in [0.1, 0.15) is 13.8 Å². The largest absolute Gasteiger partial charge is 0.377 e. The Hall–Kier alpha value is -1.09. The predicted molar refractivity (Wildman–Crippen MR) is 103 cm³/mol. The van der Waals surface area contributed by atoms with Gasteiger partial charge in [-0.25, -0.2) is 4.39 Å². The van der Waals surface area contributed by atoms with Crippen LogP contribution in [-0.4, -0.2) is 56.3 Å². The summed E-state index contributed by atoms with van der Waals surface area (Å²) in [7, 11) is 1.67. The highest BCUT2D eigenvalue weighted by Crippen LogP contribution is 2.17. The Bertz CT molecular complexity index is 513. The molecule has 23 heavy (non-hydrogen) atoms. The Morgan fingerprint density at radius 3 is 2.30 bits per heavy atom. The maximum Gasteiger partial charge on any atom is 0.191 e. The minimum absolute atomic E-state index is 0. The average Bonchev–Trinajstić information content (AvgIpc) is 2.54. The number of anilines is 1. The molecule has 7 heteroatoms. The molecule has 0 amide bonds. The van der Waals surface area contributed by atoms with Gasteiger partial charge in [-0.15, -0.1) is 24.0 Å². The van der Waals surface area contributed by atoms with E-state index in [-0.39, 0.29) is 35.4 Å². The number of halogens is 2. The molecule has 1 saturated heterocycles. The van der Waals surface area contributed by atoms with Gasteiger partial charge in [0.15, 0.2) is 5.96 Å². The summed E-state index contributed by atoms with van der Waals surface area (Å²) in [5, 5.41) is 0. The molecule has 1 aliphatic heterocycles. The van der Waals surface area contributed by atoms with E-state index < -0.39 is 0 Å². The summed E-state index contributed by atoms with van der Waals surface area (Å²) >= 11 is 0. The van der Waals surface area contributed by atoms with E-state index in [9.17, 15) is 4.39 Å². The summed E-state index contributed by atoms with van der Waals surface area (Å²) in [6.07, 6.45) is 0. The van der Waals surface area contributed by atoms with Gasteiger partial charge >= 0.3 is 0 Å². The molecule has 0 unspecified atom stereocenters. The monoisotopic (exact) mass is 436 g/mol. The lowest BCUT2D eigenvalue weighted by Gasteiger charge is -2.36. The van der Waals surface area contributed by atoms with Gasteiger partial charge in [0, 0.05) is 39.0 Å². The Morgan fingerprint density at radius 2 is 1.78 bits per heavy atom. The highest BCUT2D eigenvalue weighted by Gasteiger charge is 2.20. The van der Waals surface area contributed by atoms with E-state index >= 15 is 0 Å². The van der Waals surface area contributed by atoms with E-state index in [0.29, 0.717) is 12.5 Å². The number of guanidine groups is 1. The number of ether oxygens (including phenoxy) is 1. The van der Waals surface area contributed by atoms with Gasteiger partial charge in [0.2, 0.25) is 0 Å². The number of nitrogens with zero attached hydrogens (tertiary/aromatic N) is 3. The van der Waals surface area contributed by atoms with Crippen molar-refractivity contribution in [1.29, 1.82) is 0 Å². The van der Waals surface area contributed by atoms with Crippen molar-refractivity contribution in [3.8, 4) is 0 Å². The number of piperazine rings is 1. The van der Waals surface area contributed by atoms with Gasteiger partial charge in [0.25, 0.3) is 0 Å². The lowest BCUT2D eigenvalue weighted by atomic mass is 10.1. The number of hydrogen-bond acceptors (Lipinski definition) is 3. The maximum atomic E-state index is 13.0. The molecule has 0 radical (unpaired) electrons. The van der Waals surface area contributed by atoms with E-state index in [4.69, 9.17) is 10.5 Å². The van der Waals surface area contributed by atoms with Crippen LogP contribution in [0.2, 0.25) is 0 Å². The summed E-state index contributed by atoms with van der Waals surface area (Å²) in [5.74, 6) is 0.350. The van der Waals surface area contributed by atoms with Gasteiger partial charge in [-0.05, 0) is 38.1 Å². The van der Waals surface area contributed by atoms with Crippen LogP contribution in [0.4, 0.5) is 10.1 Å². The first-order valence-corrected chi connectivity index (χ1v) is 7.52. The highest BCUT2D eigenvalue weighted by atomic mass is 127. The fourth-order valence-corrected chi connectivity index (χ4v) is 2.28. The molecule has 0 spiro atoms. The van der Waals surface area contributed by atoms with Crippen molar-refractivity contribution in [3.05, 3.63) is 30.1 Å². The van der Waals surface area contributed by atoms with Crippen molar-refractivity contribution in [3.63, 3.8) is 0 Å². The normalized spacial score (nSPS) is 16.3. The molecule has 0 aromatic heterocycles. The molecule has 1 aromatic rings. The summed E-state index contributed by atoms with van der Waals surface area (Å²) < 4.78 is 18.3. The van der Waals surface area contributed by atoms with E-state index in [1.54, 1.807) is 7.11 Å². The standard InChI is InChI=1S/C16H25FN4O.HI/c1-16(2,22-3)12-19-15(18)21-10-8-20(9-11-21)14-6-4-13(17)5-7-14;/h4-7H,8-12H2,1-3H3,(H2,18,19);1H. The summed E-state index contributed by atoms with van der Waals surface area (Å²) in [6, 6.07) is 6.60. The van der Waals surface area contributed by atoms with Gasteiger partial charge in [0.05, 0.1) is 12.1 Å². The lowest BCUT2D eigenvalue weighted by Crippen LogP contribution is -2.51. The van der Waals surface area contributed by atoms with E-state index in [1.807, 2.05) is 26.0 Å². The smallest absolute Gasteiger partial charge is 0.191 e. The third-order valence-electron chi connectivity index (χ3n) is 3.97. The number of methoxy groups -OCH3 is 1. The maximum absolute atomic E-state index is 13.0. The molecule has 1 heterocycles. The molecular formula is C16H26FIN4O. The van der Waals surface area contributed by atoms with Gasteiger partial charge < -0.3 is 20.3 Å². The van der Waals surface area contributed by atoms with Crippen LogP contribution in [0, 0.1) is 5.82 Å². The molecule has 0 atom stereocenters. The number of aliphatic imine (C=N–C) groups is 1. The van der Waals surface area contributed by atoms with E-state index in [1.165, 1.54) is 12.1 Å². The molecule has 1 aromatic carbocycles. The molecule has 0 saturated carbocycles. The first kappa shape index (κ1) is 20.0. The Labute approximate surface area is 154 Å². The minimum atomic E-state index is -0.305. The molecule has 130 valence electrons. The number of nitrogens with two attached hydrogens (primary N) is 1. The Balaban J connectivity index is 0.00000264. The summed E-state index contributed by atoms with van der Waals surface area (Å²) in [4.78, 5) is 8.73. The summed E-state index contributed by atoms with van der Waals surface area (Å²) in [6.45, 7) is 7.80. The molecule has 2 rings (SSSR count). The molecule has 0 bridgehead atoms. The number of benzene rings is 1. The van der Waals surface area contributed by atoms with Crippen LogP contribution in [-0.2, 0) is 4.74 Å². The topological polar surface area (TPSA) is 54.1 Å². The zero-order valence-corrected chi connectivity index (χ0v) is 16.3. The van der Waals surface area contributed by atoms with Crippen molar-refractivity contribution < 1.29 is 9.13 Å². The van der Waals surface area contributed by atoms with Crippen LogP contribution < -0.4 is 10.6 Å². The molecule has 0 aliphatic carbocycles. The highest BCUT2D eigenvalue weighted by molar-refractivity contribution is 14.0. The number of rotatable bonds is 4. The average molecular weight is 436 g/mol. The van der Waals surface area contributed by atoms with Crippen molar-refractivity contribution in [2.45, 2.75) is 19.4 Å². The Kier molecular flexibility index (Phi) is 7.53. The zero-order chi connectivity index (χ0) is 16.2. The first-order valence-electron chi connectivity index (χ1n) is 7.52. The first-order chi connectivity index (χ1) is 10.4. The molecular weight excluding hydrogens is 410 g/mol. The van der Waals surface area contributed by atoms with Gasteiger partial charge in [-0.3, -0.25) is 4.99 Å². The molecule has 1 fully saturated rings. The fraction of sp³-hybridized carbons (Fsp3) is 0.562. The quantitative estimate of drug-likeness (QED) is 0.447. The SMILES string of the molecule is COC(C)(C)CN=C(N)N1CCN(c2ccc(F)cc2)CC1.I. The second-order valence-corrected chi connectivity index (χ2v) is 6.09. The molecule has 5 nitrogen and oxygen atoms in total. The van der Waals surface area contributed by atoms with Crippen LogP contribution in [0.25, 0.3) is 0 Å². The summed E-state index contributed by atoms with van der Waals surface area (Å²) in [5.41, 5.74) is 6.80.